The molecule has 0 bridgehead atoms. The second kappa shape index (κ2) is 8.10. The van der Waals surface area contributed by atoms with Crippen LogP contribution in [0.25, 0.3) is 0 Å². The van der Waals surface area contributed by atoms with Gasteiger partial charge in [-0.05, 0) is 18.9 Å². The number of ether oxygens (including phenoxy) is 1. The quantitative estimate of drug-likeness (QED) is 0.655. The Bertz CT molecular complexity index is 1130. The molecule has 160 valence electrons. The van der Waals surface area contributed by atoms with Gasteiger partial charge in [0.1, 0.15) is 17.5 Å². The molecule has 2 aromatic rings. The Morgan fingerprint density at radius 1 is 1.29 bits per heavy atom. The third kappa shape index (κ3) is 3.59. The van der Waals surface area contributed by atoms with E-state index in [-0.39, 0.29) is 23.2 Å². The van der Waals surface area contributed by atoms with E-state index in [9.17, 15) is 19.6 Å². The van der Waals surface area contributed by atoms with Gasteiger partial charge in [0.25, 0.3) is 5.56 Å². The van der Waals surface area contributed by atoms with Crippen LogP contribution < -0.4 is 26.2 Å². The summed E-state index contributed by atoms with van der Waals surface area (Å²) in [6, 6.07) is 9.00. The van der Waals surface area contributed by atoms with Crippen molar-refractivity contribution in [3.63, 3.8) is 0 Å². The number of hydrogen-bond acceptors (Lipinski definition) is 7. The third-order valence-corrected chi connectivity index (χ3v) is 5.92. The Kier molecular flexibility index (Phi) is 5.33. The number of nitrogens with one attached hydrogen (secondary N) is 2. The Morgan fingerprint density at radius 3 is 2.65 bits per heavy atom. The molecule has 0 spiro atoms. The number of para-hydroxylation sites is 1. The van der Waals surface area contributed by atoms with E-state index in [0.29, 0.717) is 43.2 Å². The van der Waals surface area contributed by atoms with Crippen molar-refractivity contribution < 1.29 is 14.3 Å². The van der Waals surface area contributed by atoms with Crippen LogP contribution in [0, 0.1) is 23.2 Å². The summed E-state index contributed by atoms with van der Waals surface area (Å²) in [6.07, 6.45) is 1.12. The minimum atomic E-state index is -1.11. The highest BCUT2D eigenvalue weighted by molar-refractivity contribution is 5.98. The Labute approximate surface area is 178 Å². The maximum absolute atomic E-state index is 13.2. The molecule has 1 aromatic carbocycles. The van der Waals surface area contributed by atoms with Crippen molar-refractivity contribution in [1.29, 1.82) is 5.26 Å². The molecule has 2 unspecified atom stereocenters. The molecule has 10 heteroatoms. The van der Waals surface area contributed by atoms with Crippen molar-refractivity contribution in [2.75, 3.05) is 30.4 Å². The molecule has 4 rings (SSSR count). The second-order valence-corrected chi connectivity index (χ2v) is 7.63. The van der Waals surface area contributed by atoms with Gasteiger partial charge in [-0.2, -0.15) is 10.2 Å². The summed E-state index contributed by atoms with van der Waals surface area (Å²) < 4.78 is 5.41. The molecule has 0 saturated carbocycles. The van der Waals surface area contributed by atoms with Gasteiger partial charge in [0.05, 0.1) is 18.7 Å². The predicted octanol–water partition coefficient (Wildman–Crippen LogP) is 0.704. The summed E-state index contributed by atoms with van der Waals surface area (Å²) in [5.74, 6) is -2.08. The lowest BCUT2D eigenvalue weighted by Gasteiger charge is -2.33. The third-order valence-electron chi connectivity index (χ3n) is 5.92. The Balaban J connectivity index is 1.77. The van der Waals surface area contributed by atoms with Gasteiger partial charge in [0.15, 0.2) is 0 Å². The fourth-order valence-corrected chi connectivity index (χ4v) is 4.28. The molecule has 3 heterocycles. The van der Waals surface area contributed by atoms with Crippen LogP contribution in [-0.4, -0.2) is 42.0 Å². The molecular formula is C21H22N6O4. The van der Waals surface area contributed by atoms with Gasteiger partial charge in [-0.1, -0.05) is 18.2 Å². The molecule has 10 nitrogen and oxygen atoms in total. The SMILES string of the molecule is COc1ccccc1C1c2c(nc(N3CCC(C(N)=O)CC3)[nH]c2=O)NC(=O)C1C#N. The van der Waals surface area contributed by atoms with E-state index in [0.717, 1.165) is 0 Å². The van der Waals surface area contributed by atoms with E-state index in [4.69, 9.17) is 10.5 Å². The van der Waals surface area contributed by atoms with Gasteiger partial charge in [-0.3, -0.25) is 19.4 Å². The number of hydrogen-bond donors (Lipinski definition) is 3. The van der Waals surface area contributed by atoms with E-state index >= 15 is 0 Å². The van der Waals surface area contributed by atoms with Crippen LogP contribution in [0.3, 0.4) is 0 Å². The summed E-state index contributed by atoms with van der Waals surface area (Å²) in [4.78, 5) is 46.4. The summed E-state index contributed by atoms with van der Waals surface area (Å²) in [7, 11) is 1.49. The number of carbonyl (C=O) groups excluding carboxylic acids is 2. The summed E-state index contributed by atoms with van der Waals surface area (Å²) in [5, 5.41) is 12.3. The minimum Gasteiger partial charge on any atom is -0.496 e. The van der Waals surface area contributed by atoms with Gasteiger partial charge in [0, 0.05) is 30.5 Å². The number of aromatic nitrogens is 2. The van der Waals surface area contributed by atoms with E-state index < -0.39 is 23.3 Å². The van der Waals surface area contributed by atoms with Gasteiger partial charge < -0.3 is 20.7 Å². The first-order chi connectivity index (χ1) is 14.9. The van der Waals surface area contributed by atoms with Crippen molar-refractivity contribution in [2.24, 2.45) is 17.6 Å². The lowest BCUT2D eigenvalue weighted by atomic mass is 9.79. The number of rotatable bonds is 4. The first-order valence-electron chi connectivity index (χ1n) is 9.96. The number of aromatic amines is 1. The number of nitrogens with two attached hydrogens (primary N) is 1. The average Bonchev–Trinajstić information content (AvgIpc) is 2.78. The molecule has 0 radical (unpaired) electrons. The first-order valence-corrected chi connectivity index (χ1v) is 9.96. The zero-order valence-corrected chi connectivity index (χ0v) is 16.9. The summed E-state index contributed by atoms with van der Waals surface area (Å²) in [5.41, 5.74) is 5.73. The molecule has 1 aromatic heterocycles. The highest BCUT2D eigenvalue weighted by Gasteiger charge is 2.41. The molecule has 2 amide bonds. The molecule has 2 aliphatic heterocycles. The summed E-state index contributed by atoms with van der Waals surface area (Å²) >= 11 is 0. The number of methoxy groups -OCH3 is 1. The number of amides is 2. The van der Waals surface area contributed by atoms with E-state index in [1.165, 1.54) is 7.11 Å². The second-order valence-electron chi connectivity index (χ2n) is 7.63. The fourth-order valence-electron chi connectivity index (χ4n) is 4.28. The fraction of sp³-hybridized carbons (Fsp3) is 0.381. The maximum Gasteiger partial charge on any atom is 0.258 e. The van der Waals surface area contributed by atoms with Gasteiger partial charge >= 0.3 is 0 Å². The number of benzene rings is 1. The van der Waals surface area contributed by atoms with Crippen LogP contribution in [0.2, 0.25) is 0 Å². The van der Waals surface area contributed by atoms with Crippen LogP contribution in [0.4, 0.5) is 11.8 Å². The van der Waals surface area contributed by atoms with E-state index in [1.807, 2.05) is 11.0 Å². The predicted molar refractivity (Wildman–Crippen MR) is 112 cm³/mol. The van der Waals surface area contributed by atoms with Crippen molar-refractivity contribution in [2.45, 2.75) is 18.8 Å². The zero-order chi connectivity index (χ0) is 22.1. The highest BCUT2D eigenvalue weighted by Crippen LogP contribution is 2.41. The topological polar surface area (TPSA) is 154 Å². The standard InChI is InChI=1S/C21H22N6O4/c1-31-14-5-3-2-4-12(14)15-13(10-22)19(29)24-18-16(15)20(30)26-21(25-18)27-8-6-11(7-9-27)17(23)28/h2-5,11,13,15H,6-9H2,1H3,(H2,23,28)(H2,24,25,26,29,30). The molecule has 2 atom stereocenters. The number of primary amides is 1. The highest BCUT2D eigenvalue weighted by atomic mass is 16.5. The van der Waals surface area contributed by atoms with Crippen LogP contribution in [0.5, 0.6) is 5.75 Å². The van der Waals surface area contributed by atoms with Crippen molar-refractivity contribution in [3.8, 4) is 11.8 Å². The van der Waals surface area contributed by atoms with Crippen LogP contribution >= 0.6 is 0 Å². The van der Waals surface area contributed by atoms with Crippen LogP contribution in [0.15, 0.2) is 29.1 Å². The molecular weight excluding hydrogens is 400 g/mol. The van der Waals surface area contributed by atoms with Crippen molar-refractivity contribution >= 4 is 23.6 Å². The molecule has 31 heavy (non-hydrogen) atoms. The molecule has 1 saturated heterocycles. The number of nitriles is 1. The largest absolute Gasteiger partial charge is 0.496 e. The van der Waals surface area contributed by atoms with Gasteiger partial charge in [0.2, 0.25) is 17.8 Å². The van der Waals surface area contributed by atoms with E-state index in [2.05, 4.69) is 15.3 Å². The number of carbonyl (C=O) groups is 2. The van der Waals surface area contributed by atoms with Crippen LogP contribution in [0.1, 0.15) is 29.9 Å². The Hall–Kier alpha value is -3.87. The Morgan fingerprint density at radius 2 is 2.00 bits per heavy atom. The average molecular weight is 422 g/mol. The minimum absolute atomic E-state index is 0.128. The lowest BCUT2D eigenvalue weighted by molar-refractivity contribution is -0.122. The number of piperidine rings is 1. The summed E-state index contributed by atoms with van der Waals surface area (Å²) in [6.45, 7) is 1.00. The zero-order valence-electron chi connectivity index (χ0n) is 16.9. The number of nitrogens with zero attached hydrogens (tertiary/aromatic N) is 3. The molecule has 4 N–H and O–H groups in total. The number of H-pyrrole nitrogens is 1. The molecule has 1 fully saturated rings. The monoisotopic (exact) mass is 422 g/mol. The lowest BCUT2D eigenvalue weighted by Crippen LogP contribution is -2.42. The van der Waals surface area contributed by atoms with Gasteiger partial charge in [-0.15, -0.1) is 0 Å². The van der Waals surface area contributed by atoms with Crippen molar-refractivity contribution in [3.05, 3.63) is 45.7 Å². The smallest absolute Gasteiger partial charge is 0.258 e. The molecule has 2 aliphatic rings. The number of fused-ring (bicyclic) bond motifs is 1. The maximum atomic E-state index is 13.2. The number of anilines is 2. The van der Waals surface area contributed by atoms with Gasteiger partial charge in [-0.25, -0.2) is 0 Å². The van der Waals surface area contributed by atoms with E-state index in [1.54, 1.807) is 24.3 Å². The van der Waals surface area contributed by atoms with Crippen molar-refractivity contribution in [1.82, 2.24) is 9.97 Å². The normalized spacial score (nSPS) is 21.0. The van der Waals surface area contributed by atoms with Crippen LogP contribution in [-0.2, 0) is 9.59 Å². The molecule has 0 aliphatic carbocycles. The first kappa shape index (κ1) is 20.4.